The van der Waals surface area contributed by atoms with Crippen molar-refractivity contribution < 1.29 is 9.47 Å². The Labute approximate surface area is 116 Å². The molecule has 0 amide bonds. The molecule has 0 spiro atoms. The van der Waals surface area contributed by atoms with E-state index in [4.69, 9.17) is 9.47 Å². The van der Waals surface area contributed by atoms with E-state index in [-0.39, 0.29) is 6.10 Å². The standard InChI is InChI=1S/C14H14N4O2/c1-19-11-6-4-10(5-7-11)18-14(12(9-15)16-17-18)13-3-2-8-20-13/h4-7,13H,2-3,8H2,1H3. The highest BCUT2D eigenvalue weighted by atomic mass is 16.5. The van der Waals surface area contributed by atoms with Crippen molar-refractivity contribution >= 4 is 0 Å². The minimum atomic E-state index is -0.109. The van der Waals surface area contributed by atoms with E-state index in [2.05, 4.69) is 16.4 Å². The van der Waals surface area contributed by atoms with Crippen LogP contribution in [0.3, 0.4) is 0 Å². The van der Waals surface area contributed by atoms with Crippen LogP contribution in [0.1, 0.15) is 30.3 Å². The summed E-state index contributed by atoms with van der Waals surface area (Å²) in [6.07, 6.45) is 1.77. The molecule has 1 aromatic heterocycles. The highest BCUT2D eigenvalue weighted by Gasteiger charge is 2.27. The molecule has 2 heterocycles. The molecular weight excluding hydrogens is 256 g/mol. The molecule has 1 fully saturated rings. The lowest BCUT2D eigenvalue weighted by Gasteiger charge is -2.12. The van der Waals surface area contributed by atoms with Gasteiger partial charge in [0.15, 0.2) is 5.69 Å². The number of rotatable bonds is 3. The second-order valence-corrected chi connectivity index (χ2v) is 4.55. The number of ether oxygens (including phenoxy) is 2. The van der Waals surface area contributed by atoms with Crippen molar-refractivity contribution in [2.45, 2.75) is 18.9 Å². The molecule has 1 saturated heterocycles. The maximum Gasteiger partial charge on any atom is 0.189 e. The molecule has 3 rings (SSSR count). The number of hydrogen-bond acceptors (Lipinski definition) is 5. The van der Waals surface area contributed by atoms with Crippen LogP contribution in [0.15, 0.2) is 24.3 Å². The summed E-state index contributed by atoms with van der Waals surface area (Å²) < 4.78 is 12.5. The molecule has 0 saturated carbocycles. The van der Waals surface area contributed by atoms with Gasteiger partial charge in [-0.05, 0) is 37.1 Å². The fraction of sp³-hybridized carbons (Fsp3) is 0.357. The van der Waals surface area contributed by atoms with Gasteiger partial charge in [-0.25, -0.2) is 4.68 Å². The van der Waals surface area contributed by atoms with Gasteiger partial charge in [0.05, 0.1) is 12.8 Å². The molecular formula is C14H14N4O2. The van der Waals surface area contributed by atoms with Crippen LogP contribution in [0.5, 0.6) is 5.75 Å². The van der Waals surface area contributed by atoms with Crippen LogP contribution in [-0.2, 0) is 4.74 Å². The predicted molar refractivity (Wildman–Crippen MR) is 70.6 cm³/mol. The highest BCUT2D eigenvalue weighted by Crippen LogP contribution is 2.31. The number of methoxy groups -OCH3 is 1. The van der Waals surface area contributed by atoms with Crippen molar-refractivity contribution in [3.63, 3.8) is 0 Å². The summed E-state index contributed by atoms with van der Waals surface area (Å²) in [5.41, 5.74) is 1.90. The van der Waals surface area contributed by atoms with Gasteiger partial charge in [-0.1, -0.05) is 5.21 Å². The normalized spacial score (nSPS) is 17.9. The number of aromatic nitrogens is 3. The third kappa shape index (κ3) is 2.12. The molecule has 1 unspecified atom stereocenters. The molecule has 2 aromatic rings. The molecule has 1 aliphatic heterocycles. The van der Waals surface area contributed by atoms with E-state index in [1.54, 1.807) is 11.8 Å². The summed E-state index contributed by atoms with van der Waals surface area (Å²) in [7, 11) is 1.62. The molecule has 1 aliphatic rings. The summed E-state index contributed by atoms with van der Waals surface area (Å²) >= 11 is 0. The van der Waals surface area contributed by atoms with Crippen molar-refractivity contribution in [2.24, 2.45) is 0 Å². The van der Waals surface area contributed by atoms with Crippen LogP contribution in [0.25, 0.3) is 5.69 Å². The van der Waals surface area contributed by atoms with Gasteiger partial charge in [-0.15, -0.1) is 5.10 Å². The molecule has 1 atom stereocenters. The van der Waals surface area contributed by atoms with E-state index in [1.807, 2.05) is 24.3 Å². The zero-order valence-corrected chi connectivity index (χ0v) is 11.1. The SMILES string of the molecule is COc1ccc(-n2nnc(C#N)c2C2CCCO2)cc1. The molecule has 6 heteroatoms. The quantitative estimate of drug-likeness (QED) is 0.852. The van der Waals surface area contributed by atoms with E-state index >= 15 is 0 Å². The van der Waals surface area contributed by atoms with Crippen LogP contribution >= 0.6 is 0 Å². The Morgan fingerprint density at radius 2 is 2.20 bits per heavy atom. The first-order valence-corrected chi connectivity index (χ1v) is 6.45. The first kappa shape index (κ1) is 12.6. The van der Waals surface area contributed by atoms with Crippen LogP contribution in [0, 0.1) is 11.3 Å². The maximum absolute atomic E-state index is 9.18. The Morgan fingerprint density at radius 3 is 2.80 bits per heavy atom. The Bertz CT molecular complexity index is 636. The zero-order valence-electron chi connectivity index (χ0n) is 11.1. The summed E-state index contributed by atoms with van der Waals surface area (Å²) in [4.78, 5) is 0. The minimum Gasteiger partial charge on any atom is -0.497 e. The van der Waals surface area contributed by atoms with Gasteiger partial charge < -0.3 is 9.47 Å². The lowest BCUT2D eigenvalue weighted by Crippen LogP contribution is -2.08. The van der Waals surface area contributed by atoms with Crippen molar-refractivity contribution in [3.05, 3.63) is 35.7 Å². The predicted octanol–water partition coefficient (Wildman–Crippen LogP) is 2.00. The smallest absolute Gasteiger partial charge is 0.189 e. The summed E-state index contributed by atoms with van der Waals surface area (Å²) in [6.45, 7) is 0.712. The van der Waals surface area contributed by atoms with Gasteiger partial charge in [0.1, 0.15) is 23.6 Å². The average molecular weight is 270 g/mol. The Balaban J connectivity index is 2.04. The van der Waals surface area contributed by atoms with Gasteiger partial charge in [-0.3, -0.25) is 0 Å². The lowest BCUT2D eigenvalue weighted by molar-refractivity contribution is 0.106. The molecule has 0 N–H and O–H groups in total. The Kier molecular flexibility index (Phi) is 3.35. The molecule has 0 bridgehead atoms. The molecule has 6 nitrogen and oxygen atoms in total. The lowest BCUT2D eigenvalue weighted by atomic mass is 10.1. The second kappa shape index (κ2) is 5.31. The molecule has 20 heavy (non-hydrogen) atoms. The number of benzene rings is 1. The number of nitriles is 1. The third-order valence-electron chi connectivity index (χ3n) is 3.36. The first-order valence-electron chi connectivity index (χ1n) is 6.45. The minimum absolute atomic E-state index is 0.109. The molecule has 0 aliphatic carbocycles. The van der Waals surface area contributed by atoms with Gasteiger partial charge in [0, 0.05) is 6.61 Å². The van der Waals surface area contributed by atoms with Gasteiger partial charge in [0.2, 0.25) is 0 Å². The van der Waals surface area contributed by atoms with Gasteiger partial charge >= 0.3 is 0 Å². The van der Waals surface area contributed by atoms with Crippen LogP contribution in [0.2, 0.25) is 0 Å². The molecule has 102 valence electrons. The topological polar surface area (TPSA) is 73.0 Å². The molecule has 0 radical (unpaired) electrons. The Morgan fingerprint density at radius 1 is 1.40 bits per heavy atom. The first-order chi connectivity index (χ1) is 9.83. The average Bonchev–Trinajstić information content (AvgIpc) is 3.15. The fourth-order valence-corrected chi connectivity index (χ4v) is 2.37. The van der Waals surface area contributed by atoms with E-state index in [1.165, 1.54) is 0 Å². The number of nitrogens with zero attached hydrogens (tertiary/aromatic N) is 4. The van der Waals surface area contributed by atoms with Crippen molar-refractivity contribution in [3.8, 4) is 17.5 Å². The highest BCUT2D eigenvalue weighted by molar-refractivity contribution is 5.40. The van der Waals surface area contributed by atoms with Crippen molar-refractivity contribution in [1.29, 1.82) is 5.26 Å². The van der Waals surface area contributed by atoms with Gasteiger partial charge in [0.25, 0.3) is 0 Å². The fourth-order valence-electron chi connectivity index (χ4n) is 2.37. The largest absolute Gasteiger partial charge is 0.497 e. The zero-order chi connectivity index (χ0) is 13.9. The van der Waals surface area contributed by atoms with E-state index in [0.29, 0.717) is 12.3 Å². The third-order valence-corrected chi connectivity index (χ3v) is 3.36. The summed E-state index contributed by atoms with van der Waals surface area (Å²) in [5.74, 6) is 0.771. The maximum atomic E-state index is 9.18. The van der Waals surface area contributed by atoms with Crippen molar-refractivity contribution in [2.75, 3.05) is 13.7 Å². The summed E-state index contributed by atoms with van der Waals surface area (Å²) in [5, 5.41) is 17.2. The Hall–Kier alpha value is -2.39. The second-order valence-electron chi connectivity index (χ2n) is 4.55. The van der Waals surface area contributed by atoms with Crippen molar-refractivity contribution in [1.82, 2.24) is 15.0 Å². The number of hydrogen-bond donors (Lipinski definition) is 0. The molecule has 1 aromatic carbocycles. The van der Waals surface area contributed by atoms with Crippen LogP contribution < -0.4 is 4.74 Å². The summed E-state index contributed by atoms with van der Waals surface area (Å²) in [6, 6.07) is 9.55. The monoisotopic (exact) mass is 270 g/mol. The van der Waals surface area contributed by atoms with Crippen LogP contribution in [-0.4, -0.2) is 28.7 Å². The van der Waals surface area contributed by atoms with Crippen LogP contribution in [0.4, 0.5) is 0 Å². The van der Waals surface area contributed by atoms with E-state index < -0.39 is 0 Å². The van der Waals surface area contributed by atoms with Gasteiger partial charge in [-0.2, -0.15) is 5.26 Å². The van der Waals surface area contributed by atoms with E-state index in [0.717, 1.165) is 30.0 Å². The van der Waals surface area contributed by atoms with E-state index in [9.17, 15) is 5.26 Å².